The molecular weight excluding hydrogens is 1110 g/mol. The molecule has 6 nitrogen and oxygen atoms in total. The summed E-state index contributed by atoms with van der Waals surface area (Å²) in [7, 11) is 0. The molecule has 0 aromatic heterocycles. The molecule has 10 heteroatoms. The summed E-state index contributed by atoms with van der Waals surface area (Å²) in [6, 6.07) is 102. The first-order chi connectivity index (χ1) is 43.6. The number of hydrogen-bond donors (Lipinski definition) is 0. The number of halogens is 4. The second kappa shape index (κ2) is 26.9. The molecule has 12 rings (SSSR count). The molecule has 0 saturated carbocycles. The minimum Gasteiger partial charge on any atom is -0.314 e. The molecule has 436 valence electrons. The van der Waals surface area contributed by atoms with Gasteiger partial charge in [-0.2, -0.15) is 0 Å². The van der Waals surface area contributed by atoms with Crippen molar-refractivity contribution in [1.82, 2.24) is 0 Å². The Morgan fingerprint density at radius 2 is 0.416 bits per heavy atom. The zero-order valence-corrected chi connectivity index (χ0v) is 49.1. The largest absolute Gasteiger partial charge is 0.314 e. The Morgan fingerprint density at radius 3 is 0.607 bits per heavy atom. The number of nitrogens with zero attached hydrogens (tertiary/aromatic N) is 6. The van der Waals surface area contributed by atoms with Gasteiger partial charge in [-0.25, -0.2) is 17.6 Å². The Kier molecular flexibility index (Phi) is 17.6. The lowest BCUT2D eigenvalue weighted by Gasteiger charge is -2.30. The van der Waals surface area contributed by atoms with E-state index < -0.39 is 0 Å². The van der Waals surface area contributed by atoms with E-state index in [4.69, 9.17) is 0 Å². The van der Waals surface area contributed by atoms with Crippen LogP contribution in [0, 0.1) is 17.5 Å². The molecule has 0 aliphatic carbocycles. The van der Waals surface area contributed by atoms with Crippen molar-refractivity contribution in [3.8, 4) is 0 Å². The van der Waals surface area contributed by atoms with Crippen molar-refractivity contribution in [3.05, 3.63) is 357 Å². The third-order valence-electron chi connectivity index (χ3n) is 15.3. The van der Waals surface area contributed by atoms with Gasteiger partial charge in [0, 0.05) is 102 Å². The summed E-state index contributed by atoms with van der Waals surface area (Å²) >= 11 is 0. The van der Waals surface area contributed by atoms with E-state index in [2.05, 4.69) is 189 Å². The lowest BCUT2D eigenvalue weighted by atomic mass is 10.1. The van der Waals surface area contributed by atoms with Crippen molar-refractivity contribution in [2.24, 2.45) is 0 Å². The van der Waals surface area contributed by atoms with Crippen molar-refractivity contribution >= 4 is 96.7 Å². The third kappa shape index (κ3) is 13.2. The summed E-state index contributed by atoms with van der Waals surface area (Å²) in [6.07, 6.45) is 3.84. The molecule has 0 atom stereocenters. The van der Waals surface area contributed by atoms with E-state index in [9.17, 15) is 17.6 Å². The number of anilines is 17. The fraction of sp³-hybridized carbons (Fsp3) is 0.0380. The van der Waals surface area contributed by atoms with Gasteiger partial charge in [-0.1, -0.05) is 79.7 Å². The highest BCUT2D eigenvalue weighted by molar-refractivity contribution is 5.86. The van der Waals surface area contributed by atoms with Crippen molar-refractivity contribution < 1.29 is 17.6 Å². The first-order valence-electron chi connectivity index (χ1n) is 29.5. The van der Waals surface area contributed by atoms with Gasteiger partial charge in [-0.3, -0.25) is 0 Å². The molecule has 0 fully saturated rings. The minimum atomic E-state index is -0.340. The smallest absolute Gasteiger partial charge is 0.123 e. The van der Waals surface area contributed by atoms with Gasteiger partial charge in [-0.05, 0) is 268 Å². The zero-order chi connectivity index (χ0) is 61.1. The fourth-order valence-electron chi connectivity index (χ4n) is 11.1. The van der Waals surface area contributed by atoms with Crippen LogP contribution in [0.2, 0.25) is 0 Å². The number of para-hydroxylation sites is 4. The van der Waals surface area contributed by atoms with Crippen LogP contribution >= 0.6 is 0 Å². The molecule has 0 spiro atoms. The molecule has 12 aromatic carbocycles. The van der Waals surface area contributed by atoms with Gasteiger partial charge in [0.1, 0.15) is 17.5 Å². The highest BCUT2D eigenvalue weighted by Gasteiger charge is 2.22. The van der Waals surface area contributed by atoms with E-state index >= 15 is 0 Å². The molecule has 0 N–H and O–H groups in total. The number of benzene rings is 12. The Hall–Kier alpha value is -11.4. The minimum absolute atomic E-state index is 0.305. The SMILES string of the molecule is CC/C(=C\C=C(/C)F)N(c1ccc(F)cc1)c1ccc(N(c2ccccc2)c2ccc(N(c3ccccc3)c3ccc(N(c4ccccc4)c4ccc(N(c5ccccc5)c5ccc(N(c6ccc(F)cc6)c6ccc(F)cc6)cc5)cc4)cc3)cc2)cc1. The standard InChI is InChI=1S/C79H62F4N6/c1-3-62(31-24-58(2)80)84(67-32-25-59(81)26-33-67)70-38-40-71(41-39-70)85(63-16-8-4-9-17-63)72-42-44-73(45-43-72)86(64-18-10-5-11-19-64)74-46-48-75(49-47-74)87(65-20-12-6-13-21-65)76-50-52-77(53-51-76)88(66-22-14-7-15-23-66)78-54-56-79(57-55-78)89(68-34-27-60(82)28-35-68)69-36-29-61(83)30-37-69/h4-57H,3H2,1-2H3/b58-24+,62-31+. The Balaban J connectivity index is 0.849. The van der Waals surface area contributed by atoms with Crippen LogP contribution in [-0.4, -0.2) is 0 Å². The van der Waals surface area contributed by atoms with Gasteiger partial charge in [0.15, 0.2) is 0 Å². The van der Waals surface area contributed by atoms with Gasteiger partial charge in [0.05, 0.1) is 5.83 Å². The summed E-state index contributed by atoms with van der Waals surface area (Å²) in [5.74, 6) is -1.32. The average molecular weight is 1170 g/mol. The van der Waals surface area contributed by atoms with Crippen LogP contribution in [0.25, 0.3) is 0 Å². The monoisotopic (exact) mass is 1170 g/mol. The Labute approximate surface area is 517 Å². The molecule has 0 amide bonds. The summed E-state index contributed by atoms with van der Waals surface area (Å²) in [6.45, 7) is 3.44. The lowest BCUT2D eigenvalue weighted by Crippen LogP contribution is -2.16. The molecule has 0 bridgehead atoms. The maximum Gasteiger partial charge on any atom is 0.123 e. The van der Waals surface area contributed by atoms with Crippen LogP contribution in [0.4, 0.5) is 114 Å². The molecular formula is C79H62F4N6. The Bertz CT molecular complexity index is 4240. The first kappa shape index (κ1) is 58.0. The molecule has 0 saturated heterocycles. The van der Waals surface area contributed by atoms with Crippen LogP contribution in [0.1, 0.15) is 20.3 Å². The number of hydrogen-bond acceptors (Lipinski definition) is 6. The van der Waals surface area contributed by atoms with E-state index in [-0.39, 0.29) is 23.3 Å². The highest BCUT2D eigenvalue weighted by Crippen LogP contribution is 2.45. The second-order valence-electron chi connectivity index (χ2n) is 21.1. The summed E-state index contributed by atoms with van der Waals surface area (Å²) in [4.78, 5) is 12.9. The van der Waals surface area contributed by atoms with E-state index in [1.807, 2.05) is 89.5 Å². The highest BCUT2D eigenvalue weighted by atomic mass is 19.1. The van der Waals surface area contributed by atoms with Gasteiger partial charge >= 0.3 is 0 Å². The molecule has 0 aliphatic rings. The maximum absolute atomic E-state index is 14.2. The van der Waals surface area contributed by atoms with Crippen molar-refractivity contribution in [2.45, 2.75) is 20.3 Å². The van der Waals surface area contributed by atoms with Crippen molar-refractivity contribution in [3.63, 3.8) is 0 Å². The molecule has 0 heterocycles. The number of rotatable bonds is 20. The third-order valence-corrected chi connectivity index (χ3v) is 15.3. The van der Waals surface area contributed by atoms with Gasteiger partial charge in [0.25, 0.3) is 0 Å². The van der Waals surface area contributed by atoms with E-state index in [1.54, 1.807) is 42.5 Å². The molecule has 89 heavy (non-hydrogen) atoms. The predicted octanol–water partition coefficient (Wildman–Crippen LogP) is 23.8. The summed E-state index contributed by atoms with van der Waals surface area (Å²) < 4.78 is 56.6. The van der Waals surface area contributed by atoms with Gasteiger partial charge in [0.2, 0.25) is 0 Å². The van der Waals surface area contributed by atoms with E-state index in [0.717, 1.165) is 102 Å². The lowest BCUT2D eigenvalue weighted by molar-refractivity contribution is 0.627. The molecule has 0 aliphatic heterocycles. The average Bonchev–Trinajstić information content (AvgIpc) is 3.09. The van der Waals surface area contributed by atoms with Crippen molar-refractivity contribution in [2.75, 3.05) is 29.4 Å². The number of allylic oxidation sites excluding steroid dienone is 4. The maximum atomic E-state index is 14.2. The Morgan fingerprint density at radius 1 is 0.247 bits per heavy atom. The first-order valence-corrected chi connectivity index (χ1v) is 29.5. The molecule has 0 radical (unpaired) electrons. The van der Waals surface area contributed by atoms with Gasteiger partial charge in [-0.15, -0.1) is 0 Å². The van der Waals surface area contributed by atoms with Crippen LogP contribution in [-0.2, 0) is 0 Å². The van der Waals surface area contributed by atoms with Crippen molar-refractivity contribution in [1.29, 1.82) is 0 Å². The van der Waals surface area contributed by atoms with E-state index in [0.29, 0.717) is 6.42 Å². The van der Waals surface area contributed by atoms with Crippen LogP contribution in [0.15, 0.2) is 339 Å². The molecule has 12 aromatic rings. The topological polar surface area (TPSA) is 19.4 Å². The summed E-state index contributed by atoms with van der Waals surface area (Å²) in [5, 5.41) is 0. The zero-order valence-electron chi connectivity index (χ0n) is 49.1. The predicted molar refractivity (Wildman–Crippen MR) is 362 cm³/mol. The van der Waals surface area contributed by atoms with Crippen LogP contribution in [0.3, 0.4) is 0 Å². The van der Waals surface area contributed by atoms with Crippen LogP contribution < -0.4 is 29.4 Å². The van der Waals surface area contributed by atoms with Gasteiger partial charge < -0.3 is 29.4 Å². The molecule has 0 unspecified atom stereocenters. The summed E-state index contributed by atoms with van der Waals surface area (Å²) in [5.41, 5.74) is 16.3. The van der Waals surface area contributed by atoms with E-state index in [1.165, 1.54) is 49.4 Å². The fourth-order valence-corrected chi connectivity index (χ4v) is 11.1. The van der Waals surface area contributed by atoms with Crippen LogP contribution in [0.5, 0.6) is 0 Å². The normalized spacial score (nSPS) is 11.4. The second-order valence-corrected chi connectivity index (χ2v) is 21.1. The quantitative estimate of drug-likeness (QED) is 0.0556.